The number of methoxy groups -OCH3 is 2. The summed E-state index contributed by atoms with van der Waals surface area (Å²) in [5.41, 5.74) is 6.88. The van der Waals surface area contributed by atoms with E-state index in [-0.39, 0.29) is 0 Å². The van der Waals surface area contributed by atoms with Crippen LogP contribution < -0.4 is 14.9 Å². The number of rotatable bonds is 5. The van der Waals surface area contributed by atoms with E-state index < -0.39 is 0 Å². The zero-order valence-electron chi connectivity index (χ0n) is 16.1. The van der Waals surface area contributed by atoms with Gasteiger partial charge in [0.15, 0.2) is 0 Å². The maximum absolute atomic E-state index is 5.46. The molecule has 0 bridgehead atoms. The molecule has 5 nitrogen and oxygen atoms in total. The van der Waals surface area contributed by atoms with Crippen LogP contribution in [0.2, 0.25) is 0 Å². The first-order valence-electron chi connectivity index (χ1n) is 9.00. The molecule has 4 rings (SSSR count). The van der Waals surface area contributed by atoms with Crippen molar-refractivity contribution in [3.05, 3.63) is 71.9 Å². The molecule has 3 aromatic carbocycles. The Hall–Kier alpha value is -3.60. The van der Waals surface area contributed by atoms with Gasteiger partial charge in [0, 0.05) is 22.0 Å². The molecule has 0 saturated heterocycles. The molecular formula is C23H21N3O2. The molecule has 0 atom stereocenters. The molecule has 0 unspecified atom stereocenters. The van der Waals surface area contributed by atoms with Crippen LogP contribution in [0, 0.1) is 6.92 Å². The van der Waals surface area contributed by atoms with Gasteiger partial charge in [-0.1, -0.05) is 24.3 Å². The lowest BCUT2D eigenvalue weighted by Gasteiger charge is -2.10. The minimum atomic E-state index is 0.784. The van der Waals surface area contributed by atoms with Crippen LogP contribution in [0.15, 0.2) is 65.8 Å². The summed E-state index contributed by atoms with van der Waals surface area (Å²) in [7, 11) is 3.34. The van der Waals surface area contributed by atoms with Crippen LogP contribution >= 0.6 is 0 Å². The monoisotopic (exact) mass is 371 g/mol. The zero-order chi connectivity index (χ0) is 19.5. The van der Waals surface area contributed by atoms with Gasteiger partial charge in [-0.3, -0.25) is 10.4 Å². The zero-order valence-corrected chi connectivity index (χ0v) is 16.1. The van der Waals surface area contributed by atoms with Crippen molar-refractivity contribution in [2.45, 2.75) is 6.92 Å². The van der Waals surface area contributed by atoms with Crippen LogP contribution in [0.1, 0.15) is 11.3 Å². The van der Waals surface area contributed by atoms with Gasteiger partial charge in [-0.05, 0) is 48.7 Å². The van der Waals surface area contributed by atoms with Crippen LogP contribution in [0.4, 0.5) is 5.69 Å². The van der Waals surface area contributed by atoms with Crippen molar-refractivity contribution in [2.24, 2.45) is 5.10 Å². The number of hydrogen-bond acceptors (Lipinski definition) is 5. The molecular weight excluding hydrogens is 350 g/mol. The smallest absolute Gasteiger partial charge is 0.126 e. The van der Waals surface area contributed by atoms with Crippen LogP contribution in [-0.4, -0.2) is 25.4 Å². The molecule has 0 aliphatic carbocycles. The predicted molar refractivity (Wildman–Crippen MR) is 115 cm³/mol. The minimum Gasteiger partial charge on any atom is -0.497 e. The number of fused-ring (bicyclic) bond motifs is 2. The average Bonchev–Trinajstić information content (AvgIpc) is 2.73. The molecule has 0 aliphatic heterocycles. The van der Waals surface area contributed by atoms with E-state index in [0.29, 0.717) is 0 Å². The second-order valence-corrected chi connectivity index (χ2v) is 6.47. The van der Waals surface area contributed by atoms with E-state index in [9.17, 15) is 0 Å². The summed E-state index contributed by atoms with van der Waals surface area (Å²) in [5, 5.41) is 7.59. The molecule has 0 spiro atoms. The summed E-state index contributed by atoms with van der Waals surface area (Å²) in [6, 6.07) is 19.9. The number of aromatic nitrogens is 1. The minimum absolute atomic E-state index is 0.784. The third kappa shape index (κ3) is 3.34. The summed E-state index contributed by atoms with van der Waals surface area (Å²) in [6.07, 6.45) is 1.82. The Bertz CT molecular complexity index is 1190. The Morgan fingerprint density at radius 3 is 2.50 bits per heavy atom. The highest BCUT2D eigenvalue weighted by atomic mass is 16.5. The maximum Gasteiger partial charge on any atom is 0.126 e. The standard InChI is InChI=1S/C23H21N3O2/c1-15-12-22(20-13-17(27-2)9-10-21(20)25-15)26-24-14-16-8-11-23(28-3)19-7-5-4-6-18(16)19/h4-14H,1-3H3,(H,25,26)/b24-14+. The Morgan fingerprint density at radius 2 is 1.71 bits per heavy atom. The molecule has 0 amide bonds. The summed E-state index contributed by atoms with van der Waals surface area (Å²) in [4.78, 5) is 4.58. The van der Waals surface area contributed by atoms with Gasteiger partial charge in [-0.25, -0.2) is 0 Å². The summed E-state index contributed by atoms with van der Waals surface area (Å²) < 4.78 is 10.8. The average molecular weight is 371 g/mol. The first-order valence-corrected chi connectivity index (χ1v) is 9.00. The third-order valence-corrected chi connectivity index (χ3v) is 4.67. The normalized spacial score (nSPS) is 11.2. The Labute approximate surface area is 163 Å². The van der Waals surface area contributed by atoms with Crippen LogP contribution in [0.3, 0.4) is 0 Å². The van der Waals surface area contributed by atoms with E-state index in [1.54, 1.807) is 14.2 Å². The van der Waals surface area contributed by atoms with E-state index in [2.05, 4.69) is 21.6 Å². The topological polar surface area (TPSA) is 55.7 Å². The molecule has 1 aromatic heterocycles. The van der Waals surface area contributed by atoms with Crippen molar-refractivity contribution in [3.8, 4) is 11.5 Å². The highest BCUT2D eigenvalue weighted by Gasteiger charge is 2.06. The van der Waals surface area contributed by atoms with Gasteiger partial charge >= 0.3 is 0 Å². The fourth-order valence-corrected chi connectivity index (χ4v) is 3.31. The van der Waals surface area contributed by atoms with E-state index in [0.717, 1.165) is 50.1 Å². The fraction of sp³-hybridized carbons (Fsp3) is 0.130. The largest absolute Gasteiger partial charge is 0.497 e. The molecule has 0 saturated carbocycles. The highest BCUT2D eigenvalue weighted by Crippen LogP contribution is 2.29. The van der Waals surface area contributed by atoms with Crippen molar-refractivity contribution >= 4 is 33.6 Å². The van der Waals surface area contributed by atoms with Crippen molar-refractivity contribution in [3.63, 3.8) is 0 Å². The van der Waals surface area contributed by atoms with Gasteiger partial charge < -0.3 is 9.47 Å². The molecule has 0 radical (unpaired) electrons. The van der Waals surface area contributed by atoms with Crippen LogP contribution in [-0.2, 0) is 0 Å². The number of pyridine rings is 1. The Kier molecular flexibility index (Phi) is 4.81. The van der Waals surface area contributed by atoms with E-state index >= 15 is 0 Å². The molecule has 28 heavy (non-hydrogen) atoms. The number of ether oxygens (including phenoxy) is 2. The number of aryl methyl sites for hydroxylation is 1. The van der Waals surface area contributed by atoms with E-state index in [1.807, 2.05) is 67.7 Å². The molecule has 0 aliphatic rings. The molecule has 4 aromatic rings. The lowest BCUT2D eigenvalue weighted by Crippen LogP contribution is -1.96. The Balaban J connectivity index is 1.70. The molecule has 5 heteroatoms. The number of anilines is 1. The predicted octanol–water partition coefficient (Wildman–Crippen LogP) is 5.16. The molecule has 1 N–H and O–H groups in total. The van der Waals surface area contributed by atoms with E-state index in [4.69, 9.17) is 9.47 Å². The highest BCUT2D eigenvalue weighted by molar-refractivity contribution is 6.02. The van der Waals surface area contributed by atoms with Crippen LogP contribution in [0.25, 0.3) is 21.7 Å². The number of nitrogens with one attached hydrogen (secondary N) is 1. The van der Waals surface area contributed by atoms with Gasteiger partial charge in [0.1, 0.15) is 11.5 Å². The quantitative estimate of drug-likeness (QED) is 0.389. The lowest BCUT2D eigenvalue weighted by molar-refractivity contribution is 0.415. The maximum atomic E-state index is 5.46. The van der Waals surface area contributed by atoms with Gasteiger partial charge in [0.05, 0.1) is 31.6 Å². The van der Waals surface area contributed by atoms with Gasteiger partial charge in [0.2, 0.25) is 0 Å². The van der Waals surface area contributed by atoms with Gasteiger partial charge in [-0.15, -0.1) is 0 Å². The number of hydrogen-bond donors (Lipinski definition) is 1. The lowest BCUT2D eigenvalue weighted by atomic mass is 10.0. The van der Waals surface area contributed by atoms with Gasteiger partial charge in [0.25, 0.3) is 0 Å². The van der Waals surface area contributed by atoms with Crippen molar-refractivity contribution in [2.75, 3.05) is 19.6 Å². The molecule has 0 fully saturated rings. The second-order valence-electron chi connectivity index (χ2n) is 6.47. The summed E-state index contributed by atoms with van der Waals surface area (Å²) >= 11 is 0. The molecule has 1 heterocycles. The first-order chi connectivity index (χ1) is 13.7. The number of hydrazone groups is 1. The second kappa shape index (κ2) is 7.56. The van der Waals surface area contributed by atoms with Crippen molar-refractivity contribution in [1.29, 1.82) is 0 Å². The Morgan fingerprint density at radius 1 is 0.893 bits per heavy atom. The number of benzene rings is 3. The molecule has 140 valence electrons. The first kappa shape index (κ1) is 17.8. The summed E-state index contributed by atoms with van der Waals surface area (Å²) in [5.74, 6) is 1.63. The van der Waals surface area contributed by atoms with Crippen LogP contribution in [0.5, 0.6) is 11.5 Å². The van der Waals surface area contributed by atoms with E-state index in [1.165, 1.54) is 0 Å². The SMILES string of the molecule is COc1ccc2nc(C)cc(N/N=C/c3ccc(OC)c4ccccc34)c2c1. The fourth-order valence-electron chi connectivity index (χ4n) is 3.31. The number of nitrogens with zero attached hydrogens (tertiary/aromatic N) is 2. The van der Waals surface area contributed by atoms with Crippen molar-refractivity contribution < 1.29 is 9.47 Å². The van der Waals surface area contributed by atoms with Gasteiger partial charge in [-0.2, -0.15) is 5.10 Å². The third-order valence-electron chi connectivity index (χ3n) is 4.67. The summed E-state index contributed by atoms with van der Waals surface area (Å²) in [6.45, 7) is 1.97. The van der Waals surface area contributed by atoms with Crippen molar-refractivity contribution in [1.82, 2.24) is 4.98 Å².